The van der Waals surface area contributed by atoms with Crippen LogP contribution >= 0.6 is 27.5 Å². The van der Waals surface area contributed by atoms with Crippen LogP contribution < -0.4 is 5.73 Å². The van der Waals surface area contributed by atoms with Crippen molar-refractivity contribution in [2.75, 3.05) is 0 Å². The summed E-state index contributed by atoms with van der Waals surface area (Å²) in [4.78, 5) is 15.3. The Morgan fingerprint density at radius 3 is 2.73 bits per heavy atom. The van der Waals surface area contributed by atoms with Crippen LogP contribution in [0, 0.1) is 0 Å². The number of fused-ring (bicyclic) bond motifs is 1. The number of carbonyl (C=O) groups excluding carboxylic acids is 1. The number of hydrogen-bond acceptors (Lipinski definition) is 2. The highest BCUT2D eigenvalue weighted by atomic mass is 79.9. The molecule has 76 valence electrons. The zero-order valence-corrected chi connectivity index (χ0v) is 9.84. The Balaban J connectivity index is 2.90. The van der Waals surface area contributed by atoms with E-state index in [4.69, 9.17) is 17.3 Å². The van der Waals surface area contributed by atoms with Gasteiger partial charge in [0.15, 0.2) is 0 Å². The summed E-state index contributed by atoms with van der Waals surface area (Å²) in [5.41, 5.74) is 6.15. The molecule has 1 aromatic carbocycles. The fourth-order valence-corrected chi connectivity index (χ4v) is 2.39. The van der Waals surface area contributed by atoms with Crippen LogP contribution in [0.5, 0.6) is 0 Å². The van der Waals surface area contributed by atoms with Gasteiger partial charge in [0.1, 0.15) is 4.60 Å². The van der Waals surface area contributed by atoms with Crippen molar-refractivity contribution in [3.63, 3.8) is 0 Å². The number of nitrogens with zero attached hydrogens (tertiary/aromatic N) is 1. The van der Waals surface area contributed by atoms with Gasteiger partial charge in [-0.3, -0.25) is 4.79 Å². The van der Waals surface area contributed by atoms with Crippen molar-refractivity contribution in [1.29, 1.82) is 0 Å². The molecule has 0 unspecified atom stereocenters. The largest absolute Gasteiger partial charge is 0.365 e. The van der Waals surface area contributed by atoms with Crippen LogP contribution in [0.1, 0.15) is 10.4 Å². The van der Waals surface area contributed by atoms with Gasteiger partial charge in [0.05, 0.1) is 16.1 Å². The van der Waals surface area contributed by atoms with Crippen LogP contribution in [-0.2, 0) is 0 Å². The summed E-state index contributed by atoms with van der Waals surface area (Å²) in [7, 11) is 0. The normalized spacial score (nSPS) is 10.5. The predicted octanol–water partition coefficient (Wildman–Crippen LogP) is 2.75. The molecule has 5 heteroatoms. The van der Waals surface area contributed by atoms with Gasteiger partial charge in [-0.1, -0.05) is 29.8 Å². The van der Waals surface area contributed by atoms with Crippen molar-refractivity contribution >= 4 is 44.3 Å². The number of para-hydroxylation sites is 1. The van der Waals surface area contributed by atoms with Crippen molar-refractivity contribution < 1.29 is 4.79 Å². The Morgan fingerprint density at radius 2 is 2.07 bits per heavy atom. The van der Waals surface area contributed by atoms with Crippen LogP contribution in [0.15, 0.2) is 28.9 Å². The first-order valence-corrected chi connectivity index (χ1v) is 5.32. The number of hydrogen-bond donors (Lipinski definition) is 1. The number of benzene rings is 1. The van der Waals surface area contributed by atoms with Crippen molar-refractivity contribution in [3.8, 4) is 0 Å². The lowest BCUT2D eigenvalue weighted by Crippen LogP contribution is -2.13. The number of rotatable bonds is 1. The minimum Gasteiger partial charge on any atom is -0.365 e. The van der Waals surface area contributed by atoms with Crippen molar-refractivity contribution in [2.24, 2.45) is 5.73 Å². The van der Waals surface area contributed by atoms with E-state index in [-0.39, 0.29) is 5.56 Å². The summed E-state index contributed by atoms with van der Waals surface area (Å²) >= 11 is 9.24. The lowest BCUT2D eigenvalue weighted by molar-refractivity contribution is 0.0999. The molecule has 0 fully saturated rings. The van der Waals surface area contributed by atoms with Crippen LogP contribution in [0.2, 0.25) is 5.02 Å². The minimum absolute atomic E-state index is 0.218. The minimum atomic E-state index is -0.592. The second-order valence-corrected chi connectivity index (χ2v) is 4.10. The van der Waals surface area contributed by atoms with Gasteiger partial charge in [-0.25, -0.2) is 4.98 Å². The van der Waals surface area contributed by atoms with E-state index in [1.165, 1.54) is 0 Å². The molecule has 2 rings (SSSR count). The fraction of sp³-hybridized carbons (Fsp3) is 0. The summed E-state index contributed by atoms with van der Waals surface area (Å²) in [6, 6.07) is 7.29. The molecule has 1 aromatic heterocycles. The molecule has 0 aliphatic heterocycles. The molecule has 0 aliphatic rings. The van der Waals surface area contributed by atoms with Crippen molar-refractivity contribution in [1.82, 2.24) is 4.98 Å². The lowest BCUT2D eigenvalue weighted by Gasteiger charge is -2.06. The Labute approximate surface area is 99.4 Å². The molecule has 3 nitrogen and oxygen atoms in total. The molecular weight excluding hydrogens is 279 g/mol. The number of aromatic nitrogens is 1. The second kappa shape index (κ2) is 3.79. The Morgan fingerprint density at radius 1 is 1.40 bits per heavy atom. The molecule has 2 aromatic rings. The van der Waals surface area contributed by atoms with Gasteiger partial charge < -0.3 is 5.73 Å². The molecule has 0 saturated heterocycles. The molecule has 0 spiro atoms. The Kier molecular flexibility index (Phi) is 2.63. The average Bonchev–Trinajstić information content (AvgIpc) is 2.17. The molecule has 15 heavy (non-hydrogen) atoms. The Bertz CT molecular complexity index is 556. The standard InChI is InChI=1S/C10H6BrClN2O/c11-9-7(10(13)15)8(12)5-3-1-2-4-6(5)14-9/h1-4H,(H2,13,15). The van der Waals surface area contributed by atoms with Crippen LogP contribution in [0.25, 0.3) is 10.9 Å². The third-order valence-electron chi connectivity index (χ3n) is 2.03. The monoisotopic (exact) mass is 284 g/mol. The molecular formula is C10H6BrClN2O. The number of halogens is 2. The first-order chi connectivity index (χ1) is 7.11. The van der Waals surface area contributed by atoms with E-state index < -0.39 is 5.91 Å². The third kappa shape index (κ3) is 1.70. The van der Waals surface area contributed by atoms with E-state index in [9.17, 15) is 4.79 Å². The number of pyridine rings is 1. The van der Waals surface area contributed by atoms with Gasteiger partial charge >= 0.3 is 0 Å². The molecule has 0 bridgehead atoms. The van der Waals surface area contributed by atoms with Crippen LogP contribution in [0.3, 0.4) is 0 Å². The molecule has 2 N–H and O–H groups in total. The topological polar surface area (TPSA) is 56.0 Å². The van der Waals surface area contributed by atoms with E-state index in [1.54, 1.807) is 6.07 Å². The number of carbonyl (C=O) groups is 1. The molecule has 0 atom stereocenters. The zero-order valence-electron chi connectivity index (χ0n) is 7.50. The maximum absolute atomic E-state index is 11.2. The van der Waals surface area contributed by atoms with Crippen molar-refractivity contribution in [3.05, 3.63) is 39.5 Å². The highest BCUT2D eigenvalue weighted by Crippen LogP contribution is 2.30. The smallest absolute Gasteiger partial charge is 0.252 e. The van der Waals surface area contributed by atoms with Gasteiger partial charge in [-0.15, -0.1) is 0 Å². The maximum atomic E-state index is 11.2. The van der Waals surface area contributed by atoms with E-state index in [0.717, 1.165) is 10.9 Å². The average molecular weight is 286 g/mol. The quantitative estimate of drug-likeness (QED) is 0.819. The van der Waals surface area contributed by atoms with Gasteiger partial charge in [-0.2, -0.15) is 0 Å². The van der Waals surface area contributed by atoms with E-state index in [1.807, 2.05) is 18.2 Å². The van der Waals surface area contributed by atoms with Crippen LogP contribution in [0.4, 0.5) is 0 Å². The SMILES string of the molecule is NC(=O)c1c(Br)nc2ccccc2c1Cl. The summed E-state index contributed by atoms with van der Waals surface area (Å²) in [6.45, 7) is 0. The van der Waals surface area contributed by atoms with Gasteiger partial charge in [0.2, 0.25) is 0 Å². The van der Waals surface area contributed by atoms with Crippen LogP contribution in [-0.4, -0.2) is 10.9 Å². The summed E-state index contributed by atoms with van der Waals surface area (Å²) in [5, 5.41) is 1.05. The molecule has 0 radical (unpaired) electrons. The van der Waals surface area contributed by atoms with E-state index in [2.05, 4.69) is 20.9 Å². The number of nitrogens with two attached hydrogens (primary N) is 1. The fourth-order valence-electron chi connectivity index (χ4n) is 1.35. The summed E-state index contributed by atoms with van der Waals surface area (Å²) in [5.74, 6) is -0.592. The van der Waals surface area contributed by atoms with Gasteiger partial charge in [-0.05, 0) is 22.0 Å². The molecule has 0 saturated carbocycles. The van der Waals surface area contributed by atoms with Gasteiger partial charge in [0.25, 0.3) is 5.91 Å². The highest BCUT2D eigenvalue weighted by molar-refractivity contribution is 9.10. The molecule has 1 heterocycles. The third-order valence-corrected chi connectivity index (χ3v) is 3.00. The van der Waals surface area contributed by atoms with E-state index in [0.29, 0.717) is 9.63 Å². The zero-order chi connectivity index (χ0) is 11.0. The first kappa shape index (κ1) is 10.4. The number of amides is 1. The Hall–Kier alpha value is -1.13. The number of primary amides is 1. The lowest BCUT2D eigenvalue weighted by atomic mass is 10.1. The predicted molar refractivity (Wildman–Crippen MR) is 63.0 cm³/mol. The summed E-state index contributed by atoms with van der Waals surface area (Å²) < 4.78 is 0.374. The highest BCUT2D eigenvalue weighted by Gasteiger charge is 2.15. The summed E-state index contributed by atoms with van der Waals surface area (Å²) in [6.07, 6.45) is 0. The van der Waals surface area contributed by atoms with E-state index >= 15 is 0 Å². The second-order valence-electron chi connectivity index (χ2n) is 2.97. The molecule has 1 amide bonds. The van der Waals surface area contributed by atoms with Gasteiger partial charge in [0, 0.05) is 5.39 Å². The van der Waals surface area contributed by atoms with Crippen molar-refractivity contribution in [2.45, 2.75) is 0 Å². The molecule has 0 aliphatic carbocycles. The maximum Gasteiger partial charge on any atom is 0.252 e. The first-order valence-electron chi connectivity index (χ1n) is 4.15.